The minimum Gasteiger partial charge on any atom is -0.507 e. The molecule has 2 aromatic rings. The highest BCUT2D eigenvalue weighted by atomic mass is 79.9. The highest BCUT2D eigenvalue weighted by Gasteiger charge is 2.57. The van der Waals surface area contributed by atoms with Crippen LogP contribution >= 0.6 is 27.5 Å². The van der Waals surface area contributed by atoms with E-state index >= 15 is 0 Å². The molecule has 1 fully saturated rings. The third kappa shape index (κ3) is 3.52. The van der Waals surface area contributed by atoms with Crippen molar-refractivity contribution < 1.29 is 24.3 Å². The van der Waals surface area contributed by atoms with Crippen molar-refractivity contribution in [2.24, 2.45) is 17.8 Å². The summed E-state index contributed by atoms with van der Waals surface area (Å²) in [5, 5.41) is 11.5. The number of halogens is 2. The minimum absolute atomic E-state index is 0.0478. The average Bonchev–Trinajstić information content (AvgIpc) is 3.14. The number of Topliss-reactive ketones (excluding diaryl/α,β-unsaturated/α-hetero) is 1. The Kier molecular flexibility index (Phi) is 5.85. The molecule has 2 aromatic carbocycles. The molecule has 1 saturated heterocycles. The number of hydrogen-bond acceptors (Lipinski definition) is 5. The fourth-order valence-corrected chi connectivity index (χ4v) is 7.07. The van der Waals surface area contributed by atoms with Gasteiger partial charge in [-0.15, -0.1) is 0 Å². The SMILES string of the molecule is Cc1ccc(N2C(=O)[C@H]3[C@H](CC=C4[C@H](c5cccc(C)c5O)C5=C(C[C@H]43)C(=O)C(Br)=CC5=O)C2=O)cc1Cl. The second-order valence-corrected chi connectivity index (χ2v) is 11.6. The zero-order chi connectivity index (χ0) is 27.0. The topological polar surface area (TPSA) is 91.8 Å². The number of fused-ring (bicyclic) bond motifs is 3. The summed E-state index contributed by atoms with van der Waals surface area (Å²) in [7, 11) is 0. The summed E-state index contributed by atoms with van der Waals surface area (Å²) in [5.41, 5.74) is 3.87. The Morgan fingerprint density at radius 3 is 2.50 bits per heavy atom. The molecule has 38 heavy (non-hydrogen) atoms. The van der Waals surface area contributed by atoms with E-state index in [1.165, 1.54) is 11.0 Å². The number of ketones is 2. The molecule has 1 aliphatic heterocycles. The van der Waals surface area contributed by atoms with E-state index in [2.05, 4.69) is 15.9 Å². The van der Waals surface area contributed by atoms with Gasteiger partial charge in [-0.3, -0.25) is 19.2 Å². The molecule has 6 rings (SSSR count). The van der Waals surface area contributed by atoms with Crippen LogP contribution in [-0.2, 0) is 19.2 Å². The summed E-state index contributed by atoms with van der Waals surface area (Å²) in [4.78, 5) is 55.3. The van der Waals surface area contributed by atoms with E-state index in [0.717, 1.165) is 11.1 Å². The number of carbonyl (C=O) groups excluding carboxylic acids is 4. The molecule has 0 bridgehead atoms. The molecule has 1 heterocycles. The first-order chi connectivity index (χ1) is 18.1. The zero-order valence-electron chi connectivity index (χ0n) is 20.6. The monoisotopic (exact) mass is 591 g/mol. The average molecular weight is 593 g/mol. The predicted octanol–water partition coefficient (Wildman–Crippen LogP) is 5.63. The lowest BCUT2D eigenvalue weighted by molar-refractivity contribution is -0.123. The Labute approximate surface area is 232 Å². The van der Waals surface area contributed by atoms with Crippen LogP contribution < -0.4 is 4.90 Å². The van der Waals surface area contributed by atoms with Crippen molar-refractivity contribution in [2.45, 2.75) is 32.6 Å². The maximum atomic E-state index is 13.9. The second-order valence-electron chi connectivity index (χ2n) is 10.4. The van der Waals surface area contributed by atoms with Crippen LogP contribution in [0.15, 0.2) is 69.8 Å². The van der Waals surface area contributed by atoms with E-state index in [9.17, 15) is 24.3 Å². The van der Waals surface area contributed by atoms with Gasteiger partial charge in [0.1, 0.15) is 5.75 Å². The number of benzene rings is 2. The summed E-state index contributed by atoms with van der Waals surface area (Å²) in [6.45, 7) is 3.62. The number of amides is 2. The Morgan fingerprint density at radius 2 is 1.76 bits per heavy atom. The molecule has 6 nitrogen and oxygen atoms in total. The van der Waals surface area contributed by atoms with E-state index in [1.807, 2.05) is 13.0 Å². The van der Waals surface area contributed by atoms with E-state index in [0.29, 0.717) is 39.4 Å². The van der Waals surface area contributed by atoms with Crippen LogP contribution in [0.4, 0.5) is 5.69 Å². The lowest BCUT2D eigenvalue weighted by Gasteiger charge is -2.42. The lowest BCUT2D eigenvalue weighted by Crippen LogP contribution is -2.39. The standard InChI is InChI=1S/C30H23BrClNO5/c1-13-6-7-15(10-22(13)32)33-29(37)18-9-8-16-19(25(18)30(33)38)11-20-26(23(34)12-21(31)28(20)36)24(16)17-5-3-4-14(2)27(17)35/h3-8,10,12,18-19,24-25,35H,9,11H2,1-2H3/t18-,19+,24+,25-/m0/s1. The van der Waals surface area contributed by atoms with Gasteiger partial charge in [0.25, 0.3) is 0 Å². The summed E-state index contributed by atoms with van der Waals surface area (Å²) < 4.78 is 0.165. The number of imide groups is 1. The van der Waals surface area contributed by atoms with Crippen LogP contribution in [0.1, 0.15) is 35.4 Å². The van der Waals surface area contributed by atoms with Gasteiger partial charge in [0, 0.05) is 33.7 Å². The number of hydrogen-bond donors (Lipinski definition) is 1. The van der Waals surface area contributed by atoms with Crippen LogP contribution in [0, 0.1) is 31.6 Å². The van der Waals surface area contributed by atoms with Crippen molar-refractivity contribution >= 4 is 56.6 Å². The molecule has 192 valence electrons. The van der Waals surface area contributed by atoms with Gasteiger partial charge < -0.3 is 5.11 Å². The van der Waals surface area contributed by atoms with Crippen LogP contribution in [0.5, 0.6) is 5.75 Å². The Hall–Kier alpha value is -3.29. The number of anilines is 1. The van der Waals surface area contributed by atoms with Crippen molar-refractivity contribution in [2.75, 3.05) is 4.90 Å². The quantitative estimate of drug-likeness (QED) is 0.277. The fraction of sp³-hybridized carbons (Fsp3) is 0.267. The number of phenols is 1. The van der Waals surface area contributed by atoms with Gasteiger partial charge in [-0.05, 0) is 71.8 Å². The van der Waals surface area contributed by atoms with Gasteiger partial charge in [-0.2, -0.15) is 0 Å². The van der Waals surface area contributed by atoms with E-state index in [1.54, 1.807) is 43.3 Å². The Balaban J connectivity index is 1.50. The molecule has 1 N–H and O–H groups in total. The second kappa shape index (κ2) is 8.89. The van der Waals surface area contributed by atoms with Crippen molar-refractivity contribution in [3.63, 3.8) is 0 Å². The summed E-state index contributed by atoms with van der Waals surface area (Å²) in [5.74, 6) is -3.64. The first-order valence-corrected chi connectivity index (χ1v) is 13.6. The molecule has 8 heteroatoms. The normalized spacial score (nSPS) is 26.7. The highest BCUT2D eigenvalue weighted by molar-refractivity contribution is 9.12. The maximum Gasteiger partial charge on any atom is 0.238 e. The van der Waals surface area contributed by atoms with Crippen LogP contribution in [0.2, 0.25) is 5.02 Å². The van der Waals surface area contributed by atoms with Crippen molar-refractivity contribution in [1.82, 2.24) is 0 Å². The number of carbonyl (C=O) groups is 4. The molecule has 0 saturated carbocycles. The Bertz CT molecular complexity index is 1580. The number of rotatable bonds is 2. The molecule has 0 spiro atoms. The maximum absolute atomic E-state index is 13.9. The largest absolute Gasteiger partial charge is 0.507 e. The molecule has 0 aromatic heterocycles. The third-order valence-electron chi connectivity index (χ3n) is 8.32. The van der Waals surface area contributed by atoms with Gasteiger partial charge in [0.15, 0.2) is 11.6 Å². The zero-order valence-corrected chi connectivity index (χ0v) is 23.0. The summed E-state index contributed by atoms with van der Waals surface area (Å²) >= 11 is 9.54. The van der Waals surface area contributed by atoms with Gasteiger partial charge in [0.2, 0.25) is 11.8 Å². The molecule has 0 unspecified atom stereocenters. The number of aromatic hydroxyl groups is 1. The molecular weight excluding hydrogens is 570 g/mol. The van der Waals surface area contributed by atoms with E-state index in [-0.39, 0.29) is 40.0 Å². The van der Waals surface area contributed by atoms with Crippen LogP contribution in [0.25, 0.3) is 0 Å². The van der Waals surface area contributed by atoms with Crippen molar-refractivity contribution in [1.29, 1.82) is 0 Å². The molecule has 3 aliphatic carbocycles. The number of aryl methyl sites for hydroxylation is 2. The molecule has 4 atom stereocenters. The van der Waals surface area contributed by atoms with Crippen molar-refractivity contribution in [3.05, 3.63) is 91.5 Å². The third-order valence-corrected chi connectivity index (χ3v) is 9.32. The number of allylic oxidation sites excluding steroid dienone is 6. The minimum atomic E-state index is -0.696. The summed E-state index contributed by atoms with van der Waals surface area (Å²) in [6.07, 6.45) is 3.70. The number of phenolic OH excluding ortho intramolecular Hbond substituents is 1. The van der Waals surface area contributed by atoms with E-state index in [4.69, 9.17) is 11.6 Å². The Morgan fingerprint density at radius 1 is 1.00 bits per heavy atom. The predicted molar refractivity (Wildman–Crippen MR) is 146 cm³/mol. The van der Waals surface area contributed by atoms with Gasteiger partial charge in [-0.25, -0.2) is 4.90 Å². The van der Waals surface area contributed by atoms with Crippen molar-refractivity contribution in [3.8, 4) is 5.75 Å². The lowest BCUT2D eigenvalue weighted by atomic mass is 9.59. The molecule has 4 aliphatic rings. The van der Waals surface area contributed by atoms with Crippen LogP contribution in [0.3, 0.4) is 0 Å². The molecule has 0 radical (unpaired) electrons. The first-order valence-electron chi connectivity index (χ1n) is 12.4. The van der Waals surface area contributed by atoms with Gasteiger partial charge in [-0.1, -0.05) is 47.5 Å². The van der Waals surface area contributed by atoms with E-state index < -0.39 is 23.7 Å². The van der Waals surface area contributed by atoms with Gasteiger partial charge >= 0.3 is 0 Å². The highest BCUT2D eigenvalue weighted by Crippen LogP contribution is 2.56. The van der Waals surface area contributed by atoms with Crippen LogP contribution in [-0.4, -0.2) is 28.5 Å². The number of nitrogens with zero attached hydrogens (tertiary/aromatic N) is 1. The molecular formula is C30H23BrClNO5. The number of para-hydroxylation sites is 1. The summed E-state index contributed by atoms with van der Waals surface area (Å²) in [6, 6.07) is 10.4. The fourth-order valence-electron chi connectivity index (χ4n) is 6.45. The smallest absolute Gasteiger partial charge is 0.238 e. The van der Waals surface area contributed by atoms with Gasteiger partial charge in [0.05, 0.1) is 22.0 Å². The molecule has 2 amide bonds. The first kappa shape index (κ1) is 25.0.